The molecule has 0 N–H and O–H groups in total. The minimum Gasteiger partial charge on any atom is -0.340 e. The Hall–Kier alpha value is -0.930. The molecule has 0 spiro atoms. The van der Waals surface area contributed by atoms with Crippen molar-refractivity contribution in [2.75, 3.05) is 11.4 Å². The van der Waals surface area contributed by atoms with E-state index in [-0.39, 0.29) is 0 Å². The molecule has 0 radical (unpaired) electrons. The fourth-order valence-electron chi connectivity index (χ4n) is 3.45. The summed E-state index contributed by atoms with van der Waals surface area (Å²) in [5.41, 5.74) is 2.72. The summed E-state index contributed by atoms with van der Waals surface area (Å²) in [4.78, 5) is 5.24. The fraction of sp³-hybridized carbons (Fsp3) is 0.455. The van der Waals surface area contributed by atoms with Crippen LogP contribution in [-0.4, -0.2) is 6.54 Å². The van der Waals surface area contributed by atoms with Crippen LogP contribution in [0.3, 0.4) is 0 Å². The molecule has 3 rings (SSSR count). The van der Waals surface area contributed by atoms with Gasteiger partial charge < -0.3 is 4.90 Å². The third-order valence-electron chi connectivity index (χ3n) is 4.82. The first kappa shape index (κ1) is 18.8. The van der Waals surface area contributed by atoms with Crippen molar-refractivity contribution in [2.24, 2.45) is 0 Å². The first-order valence-electron chi connectivity index (χ1n) is 9.63. The van der Waals surface area contributed by atoms with Crippen LogP contribution in [0, 0.1) is 0 Å². The Morgan fingerprint density at radius 3 is 2.28 bits per heavy atom. The molecule has 25 heavy (non-hydrogen) atoms. The van der Waals surface area contributed by atoms with Crippen LogP contribution in [0.25, 0.3) is 0 Å². The molecule has 0 fully saturated rings. The van der Waals surface area contributed by atoms with Crippen LogP contribution in [-0.2, 0) is 0 Å². The number of fused-ring (bicyclic) bond motifs is 2. The van der Waals surface area contributed by atoms with Crippen molar-refractivity contribution in [2.45, 2.75) is 68.1 Å². The molecule has 0 bridgehead atoms. The number of nitrogens with zero attached hydrogens (tertiary/aromatic N) is 1. The number of benzene rings is 2. The lowest BCUT2D eigenvalue weighted by Crippen LogP contribution is -2.21. The predicted octanol–water partition coefficient (Wildman–Crippen LogP) is 8.19. The third kappa shape index (κ3) is 5.04. The zero-order valence-electron chi connectivity index (χ0n) is 15.1. The molecule has 0 unspecified atom stereocenters. The van der Waals surface area contributed by atoms with Crippen LogP contribution < -0.4 is 4.90 Å². The second-order valence-electron chi connectivity index (χ2n) is 6.81. The van der Waals surface area contributed by atoms with E-state index in [1.54, 1.807) is 0 Å². The van der Waals surface area contributed by atoms with Crippen molar-refractivity contribution in [1.29, 1.82) is 0 Å². The van der Waals surface area contributed by atoms with Crippen molar-refractivity contribution in [3.05, 3.63) is 46.9 Å². The van der Waals surface area contributed by atoms with E-state index in [2.05, 4.69) is 70.2 Å². The van der Waals surface area contributed by atoms with Crippen LogP contribution in [0.2, 0.25) is 0 Å². The molecule has 2 aromatic rings. The summed E-state index contributed by atoms with van der Waals surface area (Å²) in [6.45, 7) is 3.40. The Bertz CT molecular complexity index is 685. The molecule has 1 aliphatic rings. The highest BCUT2D eigenvalue weighted by Gasteiger charge is 2.22. The Balaban J connectivity index is 1.59. The lowest BCUT2D eigenvalue weighted by Gasteiger charge is -2.33. The summed E-state index contributed by atoms with van der Waals surface area (Å²) in [6, 6.07) is 15.5. The standard InChI is InChI=1S/C22H28BrNS/c1-2-3-4-5-6-7-8-11-16-24-19-12-9-10-13-21(19)25-22-17-18(23)14-15-20(22)24/h9-10,12-15,17H,2-8,11,16H2,1H3. The number of anilines is 2. The van der Waals surface area contributed by atoms with E-state index in [4.69, 9.17) is 0 Å². The van der Waals surface area contributed by atoms with Gasteiger partial charge in [0.05, 0.1) is 11.4 Å². The van der Waals surface area contributed by atoms with Crippen molar-refractivity contribution in [1.82, 2.24) is 0 Å². The Morgan fingerprint density at radius 1 is 0.800 bits per heavy atom. The van der Waals surface area contributed by atoms with Gasteiger partial charge in [-0.15, -0.1) is 0 Å². The highest BCUT2D eigenvalue weighted by Crippen LogP contribution is 2.48. The van der Waals surface area contributed by atoms with E-state index < -0.39 is 0 Å². The van der Waals surface area contributed by atoms with Gasteiger partial charge in [0.2, 0.25) is 0 Å². The molecule has 0 amide bonds. The number of hydrogen-bond acceptors (Lipinski definition) is 2. The third-order valence-corrected chi connectivity index (χ3v) is 6.43. The molecule has 1 nitrogen and oxygen atoms in total. The molecule has 2 aromatic carbocycles. The van der Waals surface area contributed by atoms with E-state index in [1.807, 2.05) is 11.8 Å². The largest absolute Gasteiger partial charge is 0.340 e. The maximum absolute atomic E-state index is 3.62. The molecular weight excluding hydrogens is 390 g/mol. The quantitative estimate of drug-likeness (QED) is 0.378. The predicted molar refractivity (Wildman–Crippen MR) is 114 cm³/mol. The zero-order chi connectivity index (χ0) is 17.5. The van der Waals surface area contributed by atoms with Crippen molar-refractivity contribution in [3.63, 3.8) is 0 Å². The van der Waals surface area contributed by atoms with E-state index in [0.29, 0.717) is 0 Å². The van der Waals surface area contributed by atoms with Gasteiger partial charge >= 0.3 is 0 Å². The molecule has 134 valence electrons. The van der Waals surface area contributed by atoms with Crippen LogP contribution in [0.1, 0.15) is 58.3 Å². The van der Waals surface area contributed by atoms with Gasteiger partial charge in [-0.2, -0.15) is 0 Å². The van der Waals surface area contributed by atoms with Gasteiger partial charge in [-0.05, 0) is 36.8 Å². The van der Waals surface area contributed by atoms with E-state index >= 15 is 0 Å². The number of halogens is 1. The lowest BCUT2D eigenvalue weighted by atomic mass is 10.1. The average molecular weight is 418 g/mol. The van der Waals surface area contributed by atoms with Crippen LogP contribution in [0.4, 0.5) is 11.4 Å². The first-order valence-corrected chi connectivity index (χ1v) is 11.2. The minimum atomic E-state index is 1.11. The van der Waals surface area contributed by atoms with Gasteiger partial charge in [0.1, 0.15) is 0 Å². The molecule has 3 heteroatoms. The van der Waals surface area contributed by atoms with Gasteiger partial charge in [-0.1, -0.05) is 91.7 Å². The van der Waals surface area contributed by atoms with Gasteiger partial charge in [-0.25, -0.2) is 0 Å². The summed E-state index contributed by atoms with van der Waals surface area (Å²) in [5.74, 6) is 0. The molecular formula is C22H28BrNS. The number of hydrogen-bond donors (Lipinski definition) is 0. The van der Waals surface area contributed by atoms with Gasteiger partial charge in [0.25, 0.3) is 0 Å². The monoisotopic (exact) mass is 417 g/mol. The van der Waals surface area contributed by atoms with Gasteiger partial charge in [-0.3, -0.25) is 0 Å². The number of para-hydroxylation sites is 1. The topological polar surface area (TPSA) is 3.24 Å². The van der Waals surface area contributed by atoms with Crippen LogP contribution >= 0.6 is 27.7 Å². The van der Waals surface area contributed by atoms with Crippen molar-refractivity contribution >= 4 is 39.1 Å². The molecule has 0 atom stereocenters. The molecule has 1 aliphatic heterocycles. The van der Waals surface area contributed by atoms with E-state index in [9.17, 15) is 0 Å². The number of rotatable bonds is 9. The second-order valence-corrected chi connectivity index (χ2v) is 8.81. The Kier molecular flexibility index (Phi) is 7.30. The highest BCUT2D eigenvalue weighted by atomic mass is 79.9. The normalized spacial score (nSPS) is 12.8. The first-order chi connectivity index (χ1) is 12.3. The van der Waals surface area contributed by atoms with Crippen molar-refractivity contribution in [3.8, 4) is 0 Å². The smallest absolute Gasteiger partial charge is 0.0553 e. The second kappa shape index (κ2) is 9.68. The van der Waals surface area contributed by atoms with Gasteiger partial charge in [0.15, 0.2) is 0 Å². The fourth-order valence-corrected chi connectivity index (χ4v) is 5.10. The van der Waals surface area contributed by atoms with E-state index in [0.717, 1.165) is 11.0 Å². The number of unbranched alkanes of at least 4 members (excludes halogenated alkanes) is 7. The lowest BCUT2D eigenvalue weighted by molar-refractivity contribution is 0.576. The maximum Gasteiger partial charge on any atom is 0.0553 e. The Morgan fingerprint density at radius 2 is 1.48 bits per heavy atom. The SMILES string of the molecule is CCCCCCCCCCN1c2ccccc2Sc2cc(Br)ccc21. The van der Waals surface area contributed by atoms with Crippen molar-refractivity contribution < 1.29 is 0 Å². The average Bonchev–Trinajstić information content (AvgIpc) is 2.63. The van der Waals surface area contributed by atoms with Gasteiger partial charge in [0, 0.05) is 20.8 Å². The maximum atomic E-state index is 3.62. The highest BCUT2D eigenvalue weighted by molar-refractivity contribution is 9.10. The summed E-state index contributed by atoms with van der Waals surface area (Å²) in [7, 11) is 0. The summed E-state index contributed by atoms with van der Waals surface area (Å²) >= 11 is 5.50. The molecule has 1 heterocycles. The van der Waals surface area contributed by atoms with E-state index in [1.165, 1.54) is 72.5 Å². The summed E-state index contributed by atoms with van der Waals surface area (Å²) < 4.78 is 1.16. The molecule has 0 aromatic heterocycles. The molecule has 0 aliphatic carbocycles. The minimum absolute atomic E-state index is 1.11. The summed E-state index contributed by atoms with van der Waals surface area (Å²) in [5, 5.41) is 0. The molecule has 0 saturated heterocycles. The molecule has 0 saturated carbocycles. The zero-order valence-corrected chi connectivity index (χ0v) is 17.5. The van der Waals surface area contributed by atoms with Crippen LogP contribution in [0.15, 0.2) is 56.7 Å². The van der Waals surface area contributed by atoms with Crippen LogP contribution in [0.5, 0.6) is 0 Å². The Labute approximate surface area is 165 Å². The summed E-state index contributed by atoms with van der Waals surface area (Å²) in [6.07, 6.45) is 10.9.